The Bertz CT molecular complexity index is 1590. The van der Waals surface area contributed by atoms with Crippen LogP contribution in [0, 0.1) is 5.82 Å². The van der Waals surface area contributed by atoms with E-state index in [0.29, 0.717) is 34.2 Å². The van der Waals surface area contributed by atoms with Crippen LogP contribution < -0.4 is 30.7 Å². The van der Waals surface area contributed by atoms with Crippen molar-refractivity contribution in [2.45, 2.75) is 19.8 Å². The summed E-state index contributed by atoms with van der Waals surface area (Å²) in [5, 5.41) is 9.19. The molecule has 0 atom stereocenters. The number of aromatic nitrogens is 1. The molecule has 1 heterocycles. The lowest BCUT2D eigenvalue weighted by molar-refractivity contribution is -0.114. The second-order valence-electron chi connectivity index (χ2n) is 8.94. The number of hydrazone groups is 1. The van der Waals surface area contributed by atoms with Crippen molar-refractivity contribution in [3.8, 4) is 23.0 Å². The Morgan fingerprint density at radius 1 is 0.850 bits per heavy atom. The summed E-state index contributed by atoms with van der Waals surface area (Å²) in [6.45, 7) is 3.96. The van der Waals surface area contributed by atoms with Gasteiger partial charge in [-0.15, -0.1) is 0 Å². The van der Waals surface area contributed by atoms with Gasteiger partial charge in [0.25, 0.3) is 11.8 Å². The topological polar surface area (TPSA) is 137 Å². The summed E-state index contributed by atoms with van der Waals surface area (Å²) >= 11 is 0. The second kappa shape index (κ2) is 12.1. The smallest absolute Gasteiger partial charge is 0.281 e. The number of methoxy groups -OCH3 is 2. The molecule has 4 N–H and O–H groups in total. The van der Waals surface area contributed by atoms with Crippen LogP contribution in [0.4, 0.5) is 15.8 Å². The molecule has 0 radical (unpaired) electrons. The lowest BCUT2D eigenvalue weighted by Crippen LogP contribution is -2.35. The molecule has 1 aromatic heterocycles. The van der Waals surface area contributed by atoms with Gasteiger partial charge in [-0.2, -0.15) is 5.10 Å². The van der Waals surface area contributed by atoms with Gasteiger partial charge < -0.3 is 30.7 Å². The number of pyridine rings is 1. The molecule has 3 aromatic carbocycles. The molecule has 40 heavy (non-hydrogen) atoms. The highest BCUT2D eigenvalue weighted by Crippen LogP contribution is 2.39. The fraction of sp³-hybridized carbons (Fsp3) is 0.172. The Labute approximate surface area is 230 Å². The van der Waals surface area contributed by atoms with Crippen LogP contribution in [0.15, 0.2) is 72.0 Å². The van der Waals surface area contributed by atoms with E-state index in [4.69, 9.17) is 20.1 Å². The fourth-order valence-corrected chi connectivity index (χ4v) is 3.96. The molecule has 0 unspecified atom stereocenters. The van der Waals surface area contributed by atoms with Crippen molar-refractivity contribution in [3.05, 3.63) is 78.2 Å². The summed E-state index contributed by atoms with van der Waals surface area (Å²) in [6, 6.07) is 15.5. The monoisotopic (exact) mass is 545 g/mol. The molecule has 0 aliphatic carbocycles. The van der Waals surface area contributed by atoms with E-state index in [1.807, 2.05) is 13.8 Å². The minimum Gasteiger partial charge on any atom is -0.493 e. The zero-order valence-corrected chi connectivity index (χ0v) is 22.3. The zero-order chi connectivity index (χ0) is 28.8. The van der Waals surface area contributed by atoms with Gasteiger partial charge >= 0.3 is 0 Å². The van der Waals surface area contributed by atoms with Crippen LogP contribution in [-0.2, 0) is 9.59 Å². The number of hydrogen-bond acceptors (Lipinski definition) is 8. The van der Waals surface area contributed by atoms with Crippen molar-refractivity contribution in [1.82, 2.24) is 4.98 Å². The van der Waals surface area contributed by atoms with E-state index in [0.717, 1.165) is 10.9 Å². The van der Waals surface area contributed by atoms with Crippen molar-refractivity contribution >= 4 is 39.8 Å². The van der Waals surface area contributed by atoms with Crippen LogP contribution in [-0.4, -0.2) is 36.7 Å². The molecule has 10 nitrogen and oxygen atoms in total. The number of hydrogen-bond donors (Lipinski definition) is 3. The van der Waals surface area contributed by atoms with Gasteiger partial charge in [-0.3, -0.25) is 14.6 Å². The maximum absolute atomic E-state index is 13.1. The number of carbonyl (C=O) groups is 2. The lowest BCUT2D eigenvalue weighted by Gasteiger charge is -2.17. The maximum Gasteiger partial charge on any atom is 0.281 e. The van der Waals surface area contributed by atoms with E-state index in [-0.39, 0.29) is 11.6 Å². The van der Waals surface area contributed by atoms with E-state index in [1.165, 1.54) is 24.3 Å². The maximum atomic E-state index is 13.1. The van der Waals surface area contributed by atoms with E-state index in [9.17, 15) is 14.0 Å². The molecule has 206 valence electrons. The van der Waals surface area contributed by atoms with E-state index in [2.05, 4.69) is 20.7 Å². The molecule has 2 amide bonds. The number of amides is 2. The molecule has 0 saturated heterocycles. The van der Waals surface area contributed by atoms with Crippen molar-refractivity contribution in [1.29, 1.82) is 0 Å². The molecular formula is C29H28FN5O5. The van der Waals surface area contributed by atoms with E-state index < -0.39 is 23.3 Å². The van der Waals surface area contributed by atoms with Gasteiger partial charge in [-0.25, -0.2) is 4.39 Å². The highest BCUT2D eigenvalue weighted by molar-refractivity contribution is 6.69. The van der Waals surface area contributed by atoms with Crippen molar-refractivity contribution < 1.29 is 28.2 Å². The number of carbonyl (C=O) groups excluding carboxylic acids is 2. The molecule has 4 aromatic rings. The summed E-state index contributed by atoms with van der Waals surface area (Å²) in [6.07, 6.45) is 1.64. The molecule has 0 fully saturated rings. The predicted molar refractivity (Wildman–Crippen MR) is 151 cm³/mol. The van der Waals surface area contributed by atoms with Crippen molar-refractivity contribution in [3.63, 3.8) is 0 Å². The average molecular weight is 546 g/mol. The van der Waals surface area contributed by atoms with Gasteiger partial charge in [-0.1, -0.05) is 13.8 Å². The quantitative estimate of drug-likeness (QED) is 0.114. The minimum absolute atomic E-state index is 0.0130. The van der Waals surface area contributed by atoms with Gasteiger partial charge in [0.05, 0.1) is 19.7 Å². The van der Waals surface area contributed by atoms with E-state index >= 15 is 0 Å². The summed E-state index contributed by atoms with van der Waals surface area (Å²) < 4.78 is 30.3. The molecule has 0 spiro atoms. The number of benzene rings is 3. The number of nitrogens with two attached hydrogens (primary N) is 1. The van der Waals surface area contributed by atoms with Gasteiger partial charge in [0.2, 0.25) is 5.71 Å². The number of halogens is 1. The third-order valence-corrected chi connectivity index (χ3v) is 5.98. The van der Waals surface area contributed by atoms with Crippen LogP contribution in [0.25, 0.3) is 10.9 Å². The molecule has 4 rings (SSSR count). The SMILES string of the molecule is COc1cc2nccc(Oc3ccc(NC(=O)/C(=N/N)C(=O)Nc4ccc(F)cc4)cc3C(C)C)c2cc1OC. The molecular weight excluding hydrogens is 517 g/mol. The van der Waals surface area contributed by atoms with Gasteiger partial charge in [-0.05, 0) is 66.1 Å². The first-order valence-electron chi connectivity index (χ1n) is 12.2. The third-order valence-electron chi connectivity index (χ3n) is 5.98. The van der Waals surface area contributed by atoms with Crippen LogP contribution in [0.2, 0.25) is 0 Å². The van der Waals surface area contributed by atoms with Gasteiger partial charge in [0.15, 0.2) is 11.5 Å². The van der Waals surface area contributed by atoms with E-state index in [1.54, 1.807) is 56.8 Å². The minimum atomic E-state index is -0.840. The Morgan fingerprint density at radius 3 is 2.10 bits per heavy atom. The molecule has 0 aliphatic rings. The first kappa shape index (κ1) is 27.8. The molecule has 11 heteroatoms. The number of nitrogens with one attached hydrogen (secondary N) is 2. The Balaban J connectivity index is 1.57. The standard InChI is InChI=1S/C29H28FN5O5/c1-16(2)20-13-19(34-29(37)27(35-31)28(36)33-18-7-5-17(30)6-8-18)9-10-23(20)40-24-11-12-32-22-15-26(39-4)25(38-3)14-21(22)24/h5-16H,31H2,1-4H3,(H,33,36)(H,34,37)/b35-27+. The molecule has 0 saturated carbocycles. The highest BCUT2D eigenvalue weighted by atomic mass is 19.1. The Hall–Kier alpha value is -5.19. The fourth-order valence-electron chi connectivity index (χ4n) is 3.96. The average Bonchev–Trinajstić information content (AvgIpc) is 2.94. The number of anilines is 2. The van der Waals surface area contributed by atoms with Gasteiger partial charge in [0.1, 0.15) is 17.3 Å². The first-order valence-corrected chi connectivity index (χ1v) is 12.2. The van der Waals surface area contributed by atoms with Gasteiger partial charge in [0, 0.05) is 29.0 Å². The zero-order valence-electron chi connectivity index (χ0n) is 22.3. The first-order chi connectivity index (χ1) is 19.2. The number of ether oxygens (including phenoxy) is 3. The Kier molecular flexibility index (Phi) is 8.43. The number of nitrogens with zero attached hydrogens (tertiary/aromatic N) is 2. The summed E-state index contributed by atoms with van der Waals surface area (Å²) in [5.74, 6) is 5.45. The molecule has 0 bridgehead atoms. The lowest BCUT2D eigenvalue weighted by atomic mass is 10.0. The number of rotatable bonds is 9. The van der Waals surface area contributed by atoms with Crippen LogP contribution in [0.3, 0.4) is 0 Å². The normalized spacial score (nSPS) is 11.3. The number of fused-ring (bicyclic) bond motifs is 1. The highest BCUT2D eigenvalue weighted by Gasteiger charge is 2.22. The Morgan fingerprint density at radius 2 is 1.48 bits per heavy atom. The summed E-state index contributed by atoms with van der Waals surface area (Å²) in [5.41, 5.74) is 1.60. The van der Waals surface area contributed by atoms with Crippen LogP contribution in [0.5, 0.6) is 23.0 Å². The summed E-state index contributed by atoms with van der Waals surface area (Å²) in [7, 11) is 3.11. The summed E-state index contributed by atoms with van der Waals surface area (Å²) in [4.78, 5) is 29.8. The third kappa shape index (κ3) is 6.09. The predicted octanol–water partition coefficient (Wildman–Crippen LogP) is 5.20. The largest absolute Gasteiger partial charge is 0.493 e. The van der Waals surface area contributed by atoms with Crippen LogP contribution >= 0.6 is 0 Å². The van der Waals surface area contributed by atoms with Crippen molar-refractivity contribution in [2.24, 2.45) is 10.9 Å². The van der Waals surface area contributed by atoms with Crippen molar-refractivity contribution in [2.75, 3.05) is 24.9 Å². The van der Waals surface area contributed by atoms with Crippen LogP contribution in [0.1, 0.15) is 25.3 Å². The second-order valence-corrected chi connectivity index (χ2v) is 8.94. The molecule has 0 aliphatic heterocycles.